The van der Waals surface area contributed by atoms with Crippen molar-refractivity contribution in [3.05, 3.63) is 119 Å². The van der Waals surface area contributed by atoms with E-state index in [0.717, 1.165) is 39.2 Å². The lowest BCUT2D eigenvalue weighted by Crippen LogP contribution is -2.21. The topological polar surface area (TPSA) is 82.8 Å². The van der Waals surface area contributed by atoms with E-state index in [2.05, 4.69) is 33.9 Å². The van der Waals surface area contributed by atoms with Gasteiger partial charge in [-0.2, -0.15) is 5.10 Å². The van der Waals surface area contributed by atoms with Crippen molar-refractivity contribution >= 4 is 29.1 Å². The van der Waals surface area contributed by atoms with Crippen LogP contribution >= 0.6 is 0 Å². The van der Waals surface area contributed by atoms with Crippen LogP contribution in [0.1, 0.15) is 39.6 Å². The molecule has 0 saturated carbocycles. The Balaban J connectivity index is 1.41. The molecule has 4 aromatic rings. The first-order valence-electron chi connectivity index (χ1n) is 11.6. The van der Waals surface area contributed by atoms with Crippen molar-refractivity contribution in [2.45, 2.75) is 26.4 Å². The van der Waals surface area contributed by atoms with E-state index in [-0.39, 0.29) is 11.9 Å². The minimum Gasteiger partial charge on any atom is -0.374 e. The van der Waals surface area contributed by atoms with Crippen LogP contribution in [0.4, 0.5) is 11.4 Å². The second-order valence-corrected chi connectivity index (χ2v) is 8.83. The minimum absolute atomic E-state index is 0.0973. The molecule has 0 saturated heterocycles. The van der Waals surface area contributed by atoms with Gasteiger partial charge in [-0.15, -0.1) is 0 Å². The Bertz CT molecular complexity index is 1420. The van der Waals surface area contributed by atoms with Crippen LogP contribution in [0.25, 0.3) is 5.57 Å². The van der Waals surface area contributed by atoms with Gasteiger partial charge in [-0.3, -0.25) is 9.48 Å². The smallest absolute Gasteiger partial charge is 0.256 e. The predicted octanol–water partition coefficient (Wildman–Crippen LogP) is 5.73. The first kappa shape index (κ1) is 22.3. The zero-order chi connectivity index (χ0) is 24.4. The lowest BCUT2D eigenvalue weighted by atomic mass is 9.92. The highest BCUT2D eigenvalue weighted by Gasteiger charge is 2.25. The van der Waals surface area contributed by atoms with Crippen LogP contribution in [0.5, 0.6) is 0 Å². The number of anilines is 2. The summed E-state index contributed by atoms with van der Waals surface area (Å²) >= 11 is 0. The molecule has 0 radical (unpaired) electrons. The number of aromatic nitrogens is 2. The van der Waals surface area contributed by atoms with Gasteiger partial charge in [0, 0.05) is 29.2 Å². The largest absolute Gasteiger partial charge is 0.374 e. The lowest BCUT2D eigenvalue weighted by molar-refractivity contribution is -0.111. The van der Waals surface area contributed by atoms with Crippen molar-refractivity contribution in [1.82, 2.24) is 9.78 Å². The van der Waals surface area contributed by atoms with Crippen molar-refractivity contribution in [3.63, 3.8) is 0 Å². The number of nitrogens with one attached hydrogen (secondary N) is 3. The van der Waals surface area contributed by atoms with Gasteiger partial charge in [0.05, 0.1) is 24.0 Å². The van der Waals surface area contributed by atoms with Crippen LogP contribution in [0.3, 0.4) is 0 Å². The molecule has 1 amide bonds. The van der Waals surface area contributed by atoms with Crippen LogP contribution in [-0.4, -0.2) is 21.9 Å². The van der Waals surface area contributed by atoms with Gasteiger partial charge in [-0.25, -0.2) is 0 Å². The van der Waals surface area contributed by atoms with Gasteiger partial charge in [-0.1, -0.05) is 66.2 Å². The molecule has 1 aromatic heterocycles. The maximum atomic E-state index is 13.5. The average Bonchev–Trinajstić information content (AvgIpc) is 3.22. The van der Waals surface area contributed by atoms with Gasteiger partial charge in [0.15, 0.2) is 0 Å². The van der Waals surface area contributed by atoms with Crippen molar-refractivity contribution in [2.24, 2.45) is 0 Å². The fraction of sp³-hybridized carbons (Fsp3) is 0.138. The molecule has 35 heavy (non-hydrogen) atoms. The van der Waals surface area contributed by atoms with Gasteiger partial charge < -0.3 is 16.0 Å². The van der Waals surface area contributed by atoms with Gasteiger partial charge >= 0.3 is 0 Å². The van der Waals surface area contributed by atoms with E-state index in [0.29, 0.717) is 17.8 Å². The summed E-state index contributed by atoms with van der Waals surface area (Å²) < 4.78 is 1.83. The molecule has 1 aliphatic heterocycles. The number of hydrogen-bond acceptors (Lipinski definition) is 4. The summed E-state index contributed by atoms with van der Waals surface area (Å²) in [4.78, 5) is 13.5. The molecule has 0 bridgehead atoms. The summed E-state index contributed by atoms with van der Waals surface area (Å²) in [5.74, 6) is -0.155. The fourth-order valence-corrected chi connectivity index (χ4v) is 4.33. The van der Waals surface area contributed by atoms with E-state index in [1.807, 2.05) is 85.4 Å². The molecule has 1 atom stereocenters. The SMILES string of the molecule is Cc1ccc2c(c1)C(C(=O)Nc1cn(Cc3ccc(C=N)cc3)nc1C)=CC(c1ccccc1)N2. The number of rotatable bonds is 6. The third kappa shape index (κ3) is 4.77. The molecule has 2 heterocycles. The summed E-state index contributed by atoms with van der Waals surface area (Å²) in [5, 5.41) is 18.6. The van der Waals surface area contributed by atoms with E-state index in [4.69, 9.17) is 5.41 Å². The quantitative estimate of drug-likeness (QED) is 0.321. The fourth-order valence-electron chi connectivity index (χ4n) is 4.33. The van der Waals surface area contributed by atoms with E-state index in [9.17, 15) is 4.79 Å². The Hall–Kier alpha value is -4.45. The lowest BCUT2D eigenvalue weighted by Gasteiger charge is -2.26. The number of aryl methyl sites for hydroxylation is 2. The molecule has 0 aliphatic carbocycles. The monoisotopic (exact) mass is 461 g/mol. The number of hydrogen-bond donors (Lipinski definition) is 3. The van der Waals surface area contributed by atoms with E-state index in [1.165, 1.54) is 6.21 Å². The molecule has 1 aliphatic rings. The highest BCUT2D eigenvalue weighted by Crippen LogP contribution is 2.36. The maximum Gasteiger partial charge on any atom is 0.256 e. The molecule has 0 spiro atoms. The van der Waals surface area contributed by atoms with Crippen LogP contribution < -0.4 is 10.6 Å². The van der Waals surface area contributed by atoms with E-state index >= 15 is 0 Å². The summed E-state index contributed by atoms with van der Waals surface area (Å²) in [6.07, 6.45) is 5.19. The molecule has 6 heteroatoms. The second-order valence-electron chi connectivity index (χ2n) is 8.83. The van der Waals surface area contributed by atoms with Gasteiger partial charge in [0.2, 0.25) is 0 Å². The average molecular weight is 462 g/mol. The molecule has 3 N–H and O–H groups in total. The van der Waals surface area contributed by atoms with E-state index in [1.54, 1.807) is 0 Å². The van der Waals surface area contributed by atoms with Crippen LogP contribution in [0, 0.1) is 19.3 Å². The Morgan fingerprint density at radius 3 is 2.60 bits per heavy atom. The van der Waals surface area contributed by atoms with Crippen molar-refractivity contribution in [2.75, 3.05) is 10.6 Å². The van der Waals surface area contributed by atoms with Crippen LogP contribution in [0.2, 0.25) is 0 Å². The normalized spacial score (nSPS) is 14.5. The third-order valence-electron chi connectivity index (χ3n) is 6.20. The first-order valence-corrected chi connectivity index (χ1v) is 11.6. The molecule has 1 unspecified atom stereocenters. The maximum absolute atomic E-state index is 13.5. The van der Waals surface area contributed by atoms with Crippen LogP contribution in [-0.2, 0) is 11.3 Å². The number of amides is 1. The Kier molecular flexibility index (Phi) is 6.02. The van der Waals surface area contributed by atoms with E-state index < -0.39 is 0 Å². The number of carbonyl (C=O) groups excluding carboxylic acids is 1. The second kappa shape index (κ2) is 9.43. The Morgan fingerprint density at radius 2 is 1.86 bits per heavy atom. The number of nitrogens with zero attached hydrogens (tertiary/aromatic N) is 2. The van der Waals surface area contributed by atoms with Crippen molar-refractivity contribution < 1.29 is 4.79 Å². The molecule has 6 nitrogen and oxygen atoms in total. The summed E-state index contributed by atoms with van der Waals surface area (Å²) in [5.41, 5.74) is 8.06. The predicted molar refractivity (Wildman–Crippen MR) is 141 cm³/mol. The van der Waals surface area contributed by atoms with Gasteiger partial charge in [0.1, 0.15) is 0 Å². The van der Waals surface area contributed by atoms with Gasteiger partial charge in [-0.05, 0) is 48.7 Å². The third-order valence-corrected chi connectivity index (χ3v) is 6.20. The Morgan fingerprint density at radius 1 is 1.09 bits per heavy atom. The highest BCUT2D eigenvalue weighted by molar-refractivity contribution is 6.27. The number of benzene rings is 3. The van der Waals surface area contributed by atoms with Crippen LogP contribution in [0.15, 0.2) is 85.1 Å². The molecule has 3 aromatic carbocycles. The summed E-state index contributed by atoms with van der Waals surface area (Å²) in [6.45, 7) is 4.51. The zero-order valence-electron chi connectivity index (χ0n) is 19.7. The molecule has 0 fully saturated rings. The minimum atomic E-state index is -0.155. The summed E-state index contributed by atoms with van der Waals surface area (Å²) in [7, 11) is 0. The molecule has 5 rings (SSSR count). The standard InChI is InChI=1S/C29H27N5O/c1-19-8-13-26-24(14-19)25(15-27(31-26)23-6-4-3-5-7-23)29(35)32-28-18-34(33-20(28)2)17-22-11-9-21(16-30)10-12-22/h3-16,18,27,30-31H,17H2,1-2H3,(H,32,35). The molecule has 174 valence electrons. The highest BCUT2D eigenvalue weighted by atomic mass is 16.1. The number of carbonyl (C=O) groups is 1. The van der Waals surface area contributed by atoms with Crippen molar-refractivity contribution in [3.8, 4) is 0 Å². The number of fused-ring (bicyclic) bond motifs is 1. The summed E-state index contributed by atoms with van der Waals surface area (Å²) in [6, 6.07) is 23.9. The first-order chi connectivity index (χ1) is 17.0. The molecular formula is C29H27N5O. The molecular weight excluding hydrogens is 434 g/mol. The Labute approximate surface area is 204 Å². The van der Waals surface area contributed by atoms with Crippen molar-refractivity contribution in [1.29, 1.82) is 5.41 Å². The van der Waals surface area contributed by atoms with Gasteiger partial charge in [0.25, 0.3) is 5.91 Å². The zero-order valence-corrected chi connectivity index (χ0v) is 19.7.